The van der Waals surface area contributed by atoms with Crippen LogP contribution in [0.3, 0.4) is 0 Å². The molecule has 2 aromatic carbocycles. The molecule has 2 amide bonds. The molecule has 32 heavy (non-hydrogen) atoms. The van der Waals surface area contributed by atoms with Crippen LogP contribution in [0.4, 0.5) is 0 Å². The minimum Gasteiger partial charge on any atom is -0.274 e. The Kier molecular flexibility index (Phi) is 6.43. The maximum Gasteiger partial charge on any atom is 0.261 e. The highest BCUT2D eigenvalue weighted by atomic mass is 32.2. The smallest absolute Gasteiger partial charge is 0.261 e. The predicted octanol–water partition coefficient (Wildman–Crippen LogP) is 3.10. The van der Waals surface area contributed by atoms with Gasteiger partial charge in [-0.2, -0.15) is 4.31 Å². The van der Waals surface area contributed by atoms with Crippen molar-refractivity contribution in [2.75, 3.05) is 13.1 Å². The Morgan fingerprint density at radius 2 is 1.44 bits per heavy atom. The summed E-state index contributed by atoms with van der Waals surface area (Å²) in [6.45, 7) is 0.552. The first-order valence-electron chi connectivity index (χ1n) is 10.3. The number of nitrogens with zero attached hydrogens (tertiary/aromatic N) is 3. The first-order chi connectivity index (χ1) is 15.5. The van der Waals surface area contributed by atoms with Crippen LogP contribution in [-0.4, -0.2) is 47.5 Å². The Morgan fingerprint density at radius 1 is 0.812 bits per heavy atom. The van der Waals surface area contributed by atoms with E-state index in [1.165, 1.54) is 15.4 Å². The molecule has 1 aliphatic rings. The summed E-state index contributed by atoms with van der Waals surface area (Å²) in [4.78, 5) is 30.3. The molecule has 0 bridgehead atoms. The third-order valence-corrected chi connectivity index (χ3v) is 7.13. The van der Waals surface area contributed by atoms with Crippen LogP contribution in [-0.2, 0) is 22.3 Å². The highest BCUT2D eigenvalue weighted by Gasteiger charge is 2.35. The van der Waals surface area contributed by atoms with Gasteiger partial charge in [0, 0.05) is 32.0 Å². The minimum absolute atomic E-state index is 0.153. The first kappa shape index (κ1) is 21.9. The molecule has 164 valence electrons. The SMILES string of the molecule is O=C1c2ccccc2C(=O)N1CCCN(Cc1ccccc1)S(=O)(=O)Cc1cccnc1. The summed E-state index contributed by atoms with van der Waals surface area (Å²) in [6, 6.07) is 19.5. The molecule has 2 heterocycles. The molecule has 0 radical (unpaired) electrons. The summed E-state index contributed by atoms with van der Waals surface area (Å²) in [5.41, 5.74) is 2.25. The standard InChI is InChI=1S/C24H23N3O4S/c28-23-21-11-4-5-12-22(21)24(29)27(23)15-7-14-26(17-19-8-2-1-3-9-19)32(30,31)18-20-10-6-13-25-16-20/h1-6,8-13,16H,7,14-15,17-18H2. The molecule has 0 spiro atoms. The van der Waals surface area contributed by atoms with Crippen LogP contribution in [0.2, 0.25) is 0 Å². The number of hydrogen-bond acceptors (Lipinski definition) is 5. The second-order valence-electron chi connectivity index (χ2n) is 7.60. The van der Waals surface area contributed by atoms with Gasteiger partial charge in [-0.15, -0.1) is 0 Å². The Hall–Kier alpha value is -3.36. The zero-order valence-electron chi connectivity index (χ0n) is 17.4. The molecule has 0 saturated carbocycles. The number of rotatable bonds is 9. The Labute approximate surface area is 187 Å². The van der Waals surface area contributed by atoms with E-state index in [1.807, 2.05) is 30.3 Å². The maximum absolute atomic E-state index is 13.2. The Morgan fingerprint density at radius 3 is 2.06 bits per heavy atom. The van der Waals surface area contributed by atoms with Crippen molar-refractivity contribution in [1.29, 1.82) is 0 Å². The molecule has 1 aromatic heterocycles. The van der Waals surface area contributed by atoms with Gasteiger partial charge in [-0.3, -0.25) is 19.5 Å². The van der Waals surface area contributed by atoms with Gasteiger partial charge in [0.1, 0.15) is 0 Å². The monoisotopic (exact) mass is 449 g/mol. The number of imide groups is 1. The highest BCUT2D eigenvalue weighted by Crippen LogP contribution is 2.23. The van der Waals surface area contributed by atoms with Crippen molar-refractivity contribution in [2.45, 2.75) is 18.7 Å². The summed E-state index contributed by atoms with van der Waals surface area (Å²) in [5.74, 6) is -0.836. The molecule has 0 N–H and O–H groups in total. The van der Waals surface area contributed by atoms with Gasteiger partial charge in [0.25, 0.3) is 11.8 Å². The number of carbonyl (C=O) groups excluding carboxylic acids is 2. The molecule has 7 nitrogen and oxygen atoms in total. The summed E-state index contributed by atoms with van der Waals surface area (Å²) in [7, 11) is -3.65. The van der Waals surface area contributed by atoms with Crippen LogP contribution in [0.15, 0.2) is 79.1 Å². The van der Waals surface area contributed by atoms with Gasteiger partial charge in [0.15, 0.2) is 0 Å². The Bertz CT molecular complexity index is 1180. The maximum atomic E-state index is 13.2. The van der Waals surface area contributed by atoms with Crippen LogP contribution in [0, 0.1) is 0 Å². The van der Waals surface area contributed by atoms with E-state index >= 15 is 0 Å². The second kappa shape index (κ2) is 9.42. The number of aromatic nitrogens is 1. The fraction of sp³-hybridized carbons (Fsp3) is 0.208. The largest absolute Gasteiger partial charge is 0.274 e. The van der Waals surface area contributed by atoms with Crippen molar-refractivity contribution in [3.63, 3.8) is 0 Å². The molecule has 0 saturated heterocycles. The van der Waals surface area contributed by atoms with Crippen molar-refractivity contribution >= 4 is 21.8 Å². The van der Waals surface area contributed by atoms with E-state index in [-0.39, 0.29) is 37.2 Å². The second-order valence-corrected chi connectivity index (χ2v) is 9.57. The molecule has 4 rings (SSSR count). The fourth-order valence-corrected chi connectivity index (χ4v) is 5.26. The van der Waals surface area contributed by atoms with E-state index < -0.39 is 10.0 Å². The highest BCUT2D eigenvalue weighted by molar-refractivity contribution is 7.88. The summed E-state index contributed by atoms with van der Waals surface area (Å²) < 4.78 is 27.8. The number of pyridine rings is 1. The number of benzene rings is 2. The van der Waals surface area contributed by atoms with Gasteiger partial charge in [-0.25, -0.2) is 8.42 Å². The lowest BCUT2D eigenvalue weighted by atomic mass is 10.1. The van der Waals surface area contributed by atoms with E-state index in [0.29, 0.717) is 23.1 Å². The molecule has 0 unspecified atom stereocenters. The molecule has 0 fully saturated rings. The molecule has 0 atom stereocenters. The van der Waals surface area contributed by atoms with E-state index in [0.717, 1.165) is 5.56 Å². The van der Waals surface area contributed by atoms with E-state index in [4.69, 9.17) is 0 Å². The van der Waals surface area contributed by atoms with Gasteiger partial charge < -0.3 is 0 Å². The van der Waals surface area contributed by atoms with Crippen LogP contribution in [0.25, 0.3) is 0 Å². The number of fused-ring (bicyclic) bond motifs is 1. The summed E-state index contributed by atoms with van der Waals surface area (Å²) in [5, 5.41) is 0. The lowest BCUT2D eigenvalue weighted by molar-refractivity contribution is 0.0650. The van der Waals surface area contributed by atoms with Crippen molar-refractivity contribution in [3.8, 4) is 0 Å². The van der Waals surface area contributed by atoms with Crippen molar-refractivity contribution in [1.82, 2.24) is 14.2 Å². The van der Waals surface area contributed by atoms with Crippen molar-refractivity contribution in [3.05, 3.63) is 101 Å². The average molecular weight is 450 g/mol. The normalized spacial score (nSPS) is 13.6. The predicted molar refractivity (Wildman–Crippen MR) is 120 cm³/mol. The third-order valence-electron chi connectivity index (χ3n) is 5.33. The van der Waals surface area contributed by atoms with Crippen molar-refractivity contribution in [2.24, 2.45) is 0 Å². The lowest BCUT2D eigenvalue weighted by Gasteiger charge is -2.23. The van der Waals surface area contributed by atoms with Gasteiger partial charge >= 0.3 is 0 Å². The van der Waals surface area contributed by atoms with Crippen LogP contribution in [0.1, 0.15) is 38.3 Å². The summed E-state index contributed by atoms with van der Waals surface area (Å²) >= 11 is 0. The molecule has 8 heteroatoms. The first-order valence-corrected chi connectivity index (χ1v) is 11.9. The molecule has 1 aliphatic heterocycles. The van der Waals surface area contributed by atoms with Gasteiger partial charge in [0.05, 0.1) is 16.9 Å². The minimum atomic E-state index is -3.65. The van der Waals surface area contributed by atoms with Crippen LogP contribution < -0.4 is 0 Å². The van der Waals surface area contributed by atoms with Gasteiger partial charge in [0.2, 0.25) is 10.0 Å². The number of sulfonamides is 1. The fourth-order valence-electron chi connectivity index (χ4n) is 3.74. The van der Waals surface area contributed by atoms with Crippen molar-refractivity contribution < 1.29 is 18.0 Å². The van der Waals surface area contributed by atoms with Crippen LogP contribution >= 0.6 is 0 Å². The zero-order valence-corrected chi connectivity index (χ0v) is 18.2. The topological polar surface area (TPSA) is 87.7 Å². The van der Waals surface area contributed by atoms with Gasteiger partial charge in [-0.05, 0) is 35.7 Å². The zero-order chi connectivity index (χ0) is 22.6. The Balaban J connectivity index is 1.47. The van der Waals surface area contributed by atoms with E-state index in [2.05, 4.69) is 4.98 Å². The molecule has 0 aliphatic carbocycles. The van der Waals surface area contributed by atoms with E-state index in [9.17, 15) is 18.0 Å². The third kappa shape index (κ3) is 4.76. The molecular weight excluding hydrogens is 426 g/mol. The molecule has 3 aromatic rings. The number of amides is 2. The summed E-state index contributed by atoms with van der Waals surface area (Å²) in [6.07, 6.45) is 3.47. The van der Waals surface area contributed by atoms with E-state index in [1.54, 1.807) is 42.6 Å². The lowest BCUT2D eigenvalue weighted by Crippen LogP contribution is -2.36. The quantitative estimate of drug-likeness (QED) is 0.469. The number of carbonyl (C=O) groups is 2. The molecular formula is C24H23N3O4S. The van der Waals surface area contributed by atoms with Gasteiger partial charge in [-0.1, -0.05) is 48.5 Å². The average Bonchev–Trinajstić information content (AvgIpc) is 3.04. The number of hydrogen-bond donors (Lipinski definition) is 0. The van der Waals surface area contributed by atoms with Crippen LogP contribution in [0.5, 0.6) is 0 Å².